The summed E-state index contributed by atoms with van der Waals surface area (Å²) in [7, 11) is 3.47. The molecule has 4 aromatic heterocycles. The van der Waals surface area contributed by atoms with Gasteiger partial charge in [-0.05, 0) is 30.9 Å². The zero-order valence-electron chi connectivity index (χ0n) is 19.6. The number of aromatic amines is 1. The first-order valence-corrected chi connectivity index (χ1v) is 11.4. The highest BCUT2D eigenvalue weighted by Gasteiger charge is 2.30. The van der Waals surface area contributed by atoms with Crippen molar-refractivity contribution in [2.75, 3.05) is 12.4 Å². The molecule has 12 heteroatoms. The Balaban J connectivity index is 1.19. The van der Waals surface area contributed by atoms with Crippen LogP contribution in [0.5, 0.6) is 0 Å². The number of methoxy groups -OCH3 is 1. The second-order valence-electron chi connectivity index (χ2n) is 8.51. The molecule has 5 rings (SSSR count). The number of aromatic nitrogens is 7. The molecule has 0 aliphatic heterocycles. The summed E-state index contributed by atoms with van der Waals surface area (Å²) in [5.74, 6) is 1.49. The summed E-state index contributed by atoms with van der Waals surface area (Å²) in [5.41, 5.74) is 4.17. The highest BCUT2D eigenvalue weighted by atomic mass is 16.6. The van der Waals surface area contributed by atoms with Crippen molar-refractivity contribution in [3.8, 4) is 0 Å². The number of amides is 1. The number of alkyl carbamates (subject to hydrolysis) is 1. The fourth-order valence-corrected chi connectivity index (χ4v) is 4.43. The fourth-order valence-electron chi connectivity index (χ4n) is 4.43. The van der Waals surface area contributed by atoms with Gasteiger partial charge in [-0.25, -0.2) is 14.8 Å². The smallest absolute Gasteiger partial charge is 0.407 e. The highest BCUT2D eigenvalue weighted by molar-refractivity contribution is 5.88. The first kappa shape index (κ1) is 22.7. The monoisotopic (exact) mass is 477 g/mol. The number of ether oxygens (including phenoxy) is 2. The third-order valence-corrected chi connectivity index (χ3v) is 6.07. The number of rotatable bonds is 8. The molecule has 0 bridgehead atoms. The Morgan fingerprint density at radius 3 is 3.06 bits per heavy atom. The topological polar surface area (TPSA) is 145 Å². The van der Waals surface area contributed by atoms with E-state index in [1.807, 2.05) is 25.2 Å². The molecule has 4 aromatic rings. The van der Waals surface area contributed by atoms with E-state index in [1.54, 1.807) is 24.2 Å². The van der Waals surface area contributed by atoms with Crippen molar-refractivity contribution in [3.05, 3.63) is 53.9 Å². The van der Waals surface area contributed by atoms with Crippen molar-refractivity contribution in [2.24, 2.45) is 7.05 Å². The van der Waals surface area contributed by atoms with Gasteiger partial charge in [0, 0.05) is 50.8 Å². The predicted molar refractivity (Wildman–Crippen MR) is 127 cm³/mol. The zero-order valence-corrected chi connectivity index (χ0v) is 19.6. The summed E-state index contributed by atoms with van der Waals surface area (Å²) in [6, 6.07) is 5.71. The number of hydrogen-bond donors (Lipinski definition) is 3. The molecule has 35 heavy (non-hydrogen) atoms. The van der Waals surface area contributed by atoms with E-state index in [0.29, 0.717) is 24.8 Å². The summed E-state index contributed by atoms with van der Waals surface area (Å²) in [6.45, 7) is 0.755. The number of nitrogens with one attached hydrogen (secondary N) is 3. The number of carbonyl (C=O) groups excluding carboxylic acids is 1. The number of anilines is 2. The van der Waals surface area contributed by atoms with E-state index in [9.17, 15) is 4.79 Å². The quantitative estimate of drug-likeness (QED) is 0.349. The lowest BCUT2D eigenvalue weighted by Gasteiger charge is -2.13. The summed E-state index contributed by atoms with van der Waals surface area (Å²) in [6.07, 6.45) is 6.81. The first-order chi connectivity index (χ1) is 17.1. The van der Waals surface area contributed by atoms with Gasteiger partial charge in [-0.2, -0.15) is 10.2 Å². The van der Waals surface area contributed by atoms with E-state index in [0.717, 1.165) is 47.2 Å². The van der Waals surface area contributed by atoms with Gasteiger partial charge >= 0.3 is 6.09 Å². The number of H-pyrrole nitrogens is 1. The van der Waals surface area contributed by atoms with Crippen LogP contribution in [-0.4, -0.2) is 54.2 Å². The number of aryl methyl sites for hydroxylation is 1. The summed E-state index contributed by atoms with van der Waals surface area (Å²) >= 11 is 0. The molecule has 1 saturated carbocycles. The lowest BCUT2D eigenvalue weighted by molar-refractivity contribution is 0.0996. The number of nitrogens with zero attached hydrogens (tertiary/aromatic N) is 6. The molecule has 182 valence electrons. The van der Waals surface area contributed by atoms with Crippen LogP contribution in [0.15, 0.2) is 36.9 Å². The Bertz CT molecular complexity index is 1300. The normalized spacial score (nSPS) is 17.5. The average Bonchev–Trinajstić information content (AvgIpc) is 3.59. The molecular weight excluding hydrogens is 450 g/mol. The van der Waals surface area contributed by atoms with Crippen molar-refractivity contribution in [1.29, 1.82) is 0 Å². The Morgan fingerprint density at radius 1 is 1.31 bits per heavy atom. The molecule has 0 spiro atoms. The molecule has 1 aliphatic rings. The maximum atomic E-state index is 12.2. The van der Waals surface area contributed by atoms with E-state index < -0.39 is 6.09 Å². The molecule has 4 heterocycles. The van der Waals surface area contributed by atoms with E-state index >= 15 is 0 Å². The number of carbonyl (C=O) groups is 1. The molecule has 0 aromatic carbocycles. The first-order valence-electron chi connectivity index (χ1n) is 11.4. The van der Waals surface area contributed by atoms with E-state index in [1.165, 1.54) is 6.33 Å². The minimum absolute atomic E-state index is 0.135. The minimum atomic E-state index is -0.414. The van der Waals surface area contributed by atoms with E-state index in [-0.39, 0.29) is 12.0 Å². The van der Waals surface area contributed by atoms with Crippen molar-refractivity contribution >= 4 is 28.8 Å². The van der Waals surface area contributed by atoms with Gasteiger partial charge in [-0.3, -0.25) is 14.8 Å². The SMILES string of the molecule is COCc1nn(C)c2c(Nc3cc(C4CCC(OC(=O)NCc5cccnc5)C4)[nH]n3)ncnc12. The molecule has 1 fully saturated rings. The van der Waals surface area contributed by atoms with Gasteiger partial charge in [0.15, 0.2) is 11.6 Å². The molecular formula is C23H27N9O3. The van der Waals surface area contributed by atoms with Crippen LogP contribution in [0.2, 0.25) is 0 Å². The summed E-state index contributed by atoms with van der Waals surface area (Å²) < 4.78 is 12.6. The average molecular weight is 478 g/mol. The van der Waals surface area contributed by atoms with Crippen molar-refractivity contribution in [2.45, 2.75) is 44.4 Å². The maximum absolute atomic E-state index is 12.2. The lowest BCUT2D eigenvalue weighted by Crippen LogP contribution is -2.27. The molecule has 2 atom stereocenters. The van der Waals surface area contributed by atoms with Crippen LogP contribution >= 0.6 is 0 Å². The fraction of sp³-hybridized carbons (Fsp3) is 0.391. The van der Waals surface area contributed by atoms with Gasteiger partial charge in [-0.1, -0.05) is 6.07 Å². The van der Waals surface area contributed by atoms with Crippen LogP contribution in [-0.2, 0) is 29.7 Å². The van der Waals surface area contributed by atoms with Gasteiger partial charge in [0.2, 0.25) is 0 Å². The second-order valence-corrected chi connectivity index (χ2v) is 8.51. The molecule has 2 unspecified atom stereocenters. The molecule has 12 nitrogen and oxygen atoms in total. The molecule has 1 amide bonds. The molecule has 0 radical (unpaired) electrons. The Kier molecular flexibility index (Phi) is 6.53. The van der Waals surface area contributed by atoms with Crippen LogP contribution < -0.4 is 10.6 Å². The van der Waals surface area contributed by atoms with Gasteiger partial charge in [0.25, 0.3) is 0 Å². The lowest BCUT2D eigenvalue weighted by atomic mass is 10.0. The molecule has 1 aliphatic carbocycles. The van der Waals surface area contributed by atoms with Crippen LogP contribution in [0.4, 0.5) is 16.4 Å². The highest BCUT2D eigenvalue weighted by Crippen LogP contribution is 2.36. The molecule has 0 saturated heterocycles. The van der Waals surface area contributed by atoms with Crippen LogP contribution in [0.3, 0.4) is 0 Å². The van der Waals surface area contributed by atoms with E-state index in [2.05, 4.69) is 40.9 Å². The number of pyridine rings is 1. The summed E-state index contributed by atoms with van der Waals surface area (Å²) in [4.78, 5) is 25.0. The van der Waals surface area contributed by atoms with Crippen LogP contribution in [0, 0.1) is 0 Å². The minimum Gasteiger partial charge on any atom is -0.446 e. The van der Waals surface area contributed by atoms with Gasteiger partial charge in [0.05, 0.1) is 6.61 Å². The third-order valence-electron chi connectivity index (χ3n) is 6.07. The summed E-state index contributed by atoms with van der Waals surface area (Å²) in [5, 5.41) is 18.1. The van der Waals surface area contributed by atoms with Crippen molar-refractivity contribution in [1.82, 2.24) is 40.2 Å². The van der Waals surface area contributed by atoms with Gasteiger partial charge in [-0.15, -0.1) is 0 Å². The Labute approximate surface area is 201 Å². The largest absolute Gasteiger partial charge is 0.446 e. The van der Waals surface area contributed by atoms with Crippen LogP contribution in [0.25, 0.3) is 11.0 Å². The number of hydrogen-bond acceptors (Lipinski definition) is 9. The van der Waals surface area contributed by atoms with Crippen molar-refractivity contribution < 1.29 is 14.3 Å². The predicted octanol–water partition coefficient (Wildman–Crippen LogP) is 2.93. The Morgan fingerprint density at radius 2 is 2.23 bits per heavy atom. The van der Waals surface area contributed by atoms with Crippen molar-refractivity contribution in [3.63, 3.8) is 0 Å². The Hall–Kier alpha value is -4.06. The maximum Gasteiger partial charge on any atom is 0.407 e. The third kappa shape index (κ3) is 5.06. The van der Waals surface area contributed by atoms with Gasteiger partial charge < -0.3 is 20.1 Å². The second kappa shape index (κ2) is 10.1. The van der Waals surface area contributed by atoms with Crippen LogP contribution in [0.1, 0.15) is 42.1 Å². The number of fused-ring (bicyclic) bond motifs is 1. The standard InChI is InChI=1S/C23H27N9O3/c1-32-21-20(18(31-32)12-34-2)26-13-27-22(21)28-19-9-17(29-30-19)15-5-6-16(8-15)35-23(33)25-11-14-4-3-7-24-10-14/h3-4,7,9-10,13,15-16H,5-6,8,11-12H2,1-2H3,(H,25,33)(H2,26,27,28,29,30). The molecule has 3 N–H and O–H groups in total. The van der Waals surface area contributed by atoms with Gasteiger partial charge in [0.1, 0.15) is 29.2 Å². The zero-order chi connectivity index (χ0) is 24.2. The van der Waals surface area contributed by atoms with E-state index in [4.69, 9.17) is 9.47 Å².